The molecule has 4 aromatic rings. The quantitative estimate of drug-likeness (QED) is 0.424. The number of aromatic nitrogens is 1. The number of carbonyl (C=O) groups is 1. The van der Waals surface area contributed by atoms with Gasteiger partial charge in [0.25, 0.3) is 0 Å². The SMILES string of the molecule is CCOCCn1c(=NC(=O)c2cc3ccccc3o2)sc2cc(S(C)(=O)=O)ccc21. The second-order valence-corrected chi connectivity index (χ2v) is 9.73. The lowest BCUT2D eigenvalue weighted by molar-refractivity contribution is 0.0972. The summed E-state index contributed by atoms with van der Waals surface area (Å²) in [4.78, 5) is 17.7. The van der Waals surface area contributed by atoms with Crippen LogP contribution in [0.5, 0.6) is 0 Å². The summed E-state index contributed by atoms with van der Waals surface area (Å²) in [5, 5.41) is 0.828. The number of furan rings is 1. The largest absolute Gasteiger partial charge is 0.451 e. The van der Waals surface area contributed by atoms with Crippen LogP contribution in [-0.2, 0) is 21.1 Å². The van der Waals surface area contributed by atoms with Crippen LogP contribution in [0.3, 0.4) is 0 Å². The minimum Gasteiger partial charge on any atom is -0.451 e. The number of nitrogens with zero attached hydrogens (tertiary/aromatic N) is 2. The summed E-state index contributed by atoms with van der Waals surface area (Å²) < 4.78 is 37.5. The van der Waals surface area contributed by atoms with Gasteiger partial charge in [-0.15, -0.1) is 0 Å². The van der Waals surface area contributed by atoms with Crippen LogP contribution in [0.25, 0.3) is 21.2 Å². The average Bonchev–Trinajstić information content (AvgIpc) is 3.28. The first-order chi connectivity index (χ1) is 14.4. The number of fused-ring (bicyclic) bond motifs is 2. The fourth-order valence-corrected chi connectivity index (χ4v) is 4.93. The molecular weight excluding hydrogens is 424 g/mol. The smallest absolute Gasteiger partial charge is 0.315 e. The molecule has 1 amide bonds. The molecule has 2 aromatic heterocycles. The van der Waals surface area contributed by atoms with E-state index >= 15 is 0 Å². The molecular formula is C21H20N2O5S2. The molecule has 2 heterocycles. The van der Waals surface area contributed by atoms with Gasteiger partial charge in [-0.25, -0.2) is 8.42 Å². The predicted octanol–water partition coefficient (Wildman–Crippen LogP) is 3.63. The number of sulfone groups is 1. The summed E-state index contributed by atoms with van der Waals surface area (Å²) >= 11 is 1.26. The number of hydrogen-bond acceptors (Lipinski definition) is 6. The molecule has 0 atom stereocenters. The van der Waals surface area contributed by atoms with Gasteiger partial charge >= 0.3 is 5.91 Å². The van der Waals surface area contributed by atoms with Crippen molar-refractivity contribution in [2.24, 2.45) is 4.99 Å². The first kappa shape index (κ1) is 20.5. The van der Waals surface area contributed by atoms with Gasteiger partial charge in [-0.1, -0.05) is 29.5 Å². The third-order valence-electron chi connectivity index (χ3n) is 4.58. The van der Waals surface area contributed by atoms with Crippen LogP contribution in [0.2, 0.25) is 0 Å². The Kier molecular flexibility index (Phi) is 5.59. The van der Waals surface area contributed by atoms with Gasteiger partial charge in [0.2, 0.25) is 0 Å². The first-order valence-electron chi connectivity index (χ1n) is 9.35. The summed E-state index contributed by atoms with van der Waals surface area (Å²) in [6.45, 7) is 3.41. The Morgan fingerprint density at radius 3 is 2.73 bits per heavy atom. The fraction of sp³-hybridized carbons (Fsp3) is 0.238. The van der Waals surface area contributed by atoms with Crippen molar-refractivity contribution < 1.29 is 22.4 Å². The monoisotopic (exact) mass is 444 g/mol. The van der Waals surface area contributed by atoms with Crippen molar-refractivity contribution in [2.75, 3.05) is 19.5 Å². The molecule has 30 heavy (non-hydrogen) atoms. The normalized spacial score (nSPS) is 12.8. The van der Waals surface area contributed by atoms with E-state index < -0.39 is 15.7 Å². The Balaban J connectivity index is 1.82. The van der Waals surface area contributed by atoms with Crippen molar-refractivity contribution in [3.05, 3.63) is 59.1 Å². The number of rotatable bonds is 6. The molecule has 0 N–H and O–H groups in total. The maximum Gasteiger partial charge on any atom is 0.315 e. The first-order valence-corrected chi connectivity index (χ1v) is 12.1. The fourth-order valence-electron chi connectivity index (χ4n) is 3.12. The number of amides is 1. The third-order valence-corrected chi connectivity index (χ3v) is 6.73. The zero-order chi connectivity index (χ0) is 21.3. The minimum atomic E-state index is -3.34. The van der Waals surface area contributed by atoms with E-state index in [1.807, 2.05) is 29.7 Å². The molecule has 7 nitrogen and oxygen atoms in total. The Bertz CT molecular complexity index is 1380. The second kappa shape index (κ2) is 8.17. The van der Waals surface area contributed by atoms with Gasteiger partial charge in [-0.3, -0.25) is 4.79 Å². The molecule has 0 unspecified atom stereocenters. The van der Waals surface area contributed by atoms with Crippen molar-refractivity contribution in [3.8, 4) is 0 Å². The second-order valence-electron chi connectivity index (χ2n) is 6.70. The van der Waals surface area contributed by atoms with Gasteiger partial charge in [0.15, 0.2) is 20.4 Å². The Morgan fingerprint density at radius 1 is 1.20 bits per heavy atom. The summed E-state index contributed by atoms with van der Waals surface area (Å²) in [7, 11) is -3.34. The summed E-state index contributed by atoms with van der Waals surface area (Å²) in [5.74, 6) is -0.340. The molecule has 0 saturated heterocycles. The Morgan fingerprint density at radius 2 is 2.00 bits per heavy atom. The summed E-state index contributed by atoms with van der Waals surface area (Å²) in [5.41, 5.74) is 1.41. The lowest BCUT2D eigenvalue weighted by Gasteiger charge is -2.06. The molecule has 0 aliphatic rings. The Labute approximate surface area is 177 Å². The summed E-state index contributed by atoms with van der Waals surface area (Å²) in [6.07, 6.45) is 1.17. The van der Waals surface area contributed by atoms with E-state index in [0.717, 1.165) is 15.6 Å². The van der Waals surface area contributed by atoms with Crippen LogP contribution in [0, 0.1) is 0 Å². The van der Waals surface area contributed by atoms with Gasteiger partial charge in [0, 0.05) is 24.8 Å². The minimum absolute atomic E-state index is 0.154. The van der Waals surface area contributed by atoms with Gasteiger partial charge < -0.3 is 13.7 Å². The highest BCUT2D eigenvalue weighted by molar-refractivity contribution is 7.90. The molecule has 0 aliphatic heterocycles. The van der Waals surface area contributed by atoms with Crippen LogP contribution in [0.1, 0.15) is 17.5 Å². The van der Waals surface area contributed by atoms with Crippen molar-refractivity contribution in [1.29, 1.82) is 0 Å². The van der Waals surface area contributed by atoms with E-state index in [9.17, 15) is 13.2 Å². The molecule has 156 valence electrons. The van der Waals surface area contributed by atoms with Crippen LogP contribution in [0.15, 0.2) is 62.8 Å². The maximum absolute atomic E-state index is 12.8. The predicted molar refractivity (Wildman–Crippen MR) is 116 cm³/mol. The van der Waals surface area contributed by atoms with Gasteiger partial charge in [-0.05, 0) is 37.3 Å². The molecule has 0 spiro atoms. The van der Waals surface area contributed by atoms with E-state index in [4.69, 9.17) is 9.15 Å². The highest BCUT2D eigenvalue weighted by Crippen LogP contribution is 2.23. The maximum atomic E-state index is 12.8. The van der Waals surface area contributed by atoms with E-state index in [2.05, 4.69) is 4.99 Å². The van der Waals surface area contributed by atoms with Gasteiger partial charge in [0.05, 0.1) is 21.7 Å². The number of benzene rings is 2. The topological polar surface area (TPSA) is 90.9 Å². The van der Waals surface area contributed by atoms with E-state index in [1.54, 1.807) is 30.3 Å². The standard InChI is InChI=1S/C21H20N2O5S2/c1-3-27-11-10-23-16-9-8-15(30(2,25)26)13-19(16)29-21(23)22-20(24)18-12-14-6-4-5-7-17(14)28-18/h4-9,12-13H,3,10-11H2,1-2H3. The van der Waals surface area contributed by atoms with Gasteiger partial charge in [0.1, 0.15) is 5.58 Å². The van der Waals surface area contributed by atoms with Crippen LogP contribution in [0.4, 0.5) is 0 Å². The van der Waals surface area contributed by atoms with E-state index in [1.165, 1.54) is 17.6 Å². The highest BCUT2D eigenvalue weighted by Gasteiger charge is 2.15. The van der Waals surface area contributed by atoms with Crippen molar-refractivity contribution in [3.63, 3.8) is 0 Å². The zero-order valence-corrected chi connectivity index (χ0v) is 18.1. The van der Waals surface area contributed by atoms with Crippen molar-refractivity contribution in [1.82, 2.24) is 4.57 Å². The lowest BCUT2D eigenvalue weighted by Crippen LogP contribution is -2.19. The number of para-hydroxylation sites is 1. The third kappa shape index (κ3) is 4.09. The van der Waals surface area contributed by atoms with Crippen LogP contribution < -0.4 is 4.80 Å². The molecule has 0 bridgehead atoms. The van der Waals surface area contributed by atoms with Crippen LogP contribution >= 0.6 is 11.3 Å². The van der Waals surface area contributed by atoms with Gasteiger partial charge in [-0.2, -0.15) is 4.99 Å². The molecule has 2 aromatic carbocycles. The highest BCUT2D eigenvalue weighted by atomic mass is 32.2. The average molecular weight is 445 g/mol. The van der Waals surface area contributed by atoms with E-state index in [-0.39, 0.29) is 10.7 Å². The van der Waals surface area contributed by atoms with Crippen molar-refractivity contribution >= 4 is 48.3 Å². The number of carbonyl (C=O) groups excluding carboxylic acids is 1. The Hall–Kier alpha value is -2.75. The van der Waals surface area contributed by atoms with Crippen molar-refractivity contribution in [2.45, 2.75) is 18.4 Å². The lowest BCUT2D eigenvalue weighted by atomic mass is 10.2. The zero-order valence-electron chi connectivity index (χ0n) is 16.5. The molecule has 9 heteroatoms. The molecule has 0 aliphatic carbocycles. The molecule has 0 fully saturated rings. The molecule has 0 saturated carbocycles. The summed E-state index contributed by atoms with van der Waals surface area (Å²) in [6, 6.07) is 13.9. The number of thiazole rings is 1. The molecule has 4 rings (SSSR count). The van der Waals surface area contributed by atoms with Crippen LogP contribution in [-0.4, -0.2) is 38.4 Å². The molecule has 0 radical (unpaired) electrons. The number of hydrogen-bond donors (Lipinski definition) is 0. The number of ether oxygens (including phenoxy) is 1. The van der Waals surface area contributed by atoms with E-state index in [0.29, 0.717) is 30.1 Å².